The van der Waals surface area contributed by atoms with E-state index in [-0.39, 0.29) is 58.6 Å². The van der Waals surface area contributed by atoms with Crippen LogP contribution in [-0.2, 0) is 9.53 Å². The minimum Gasteiger partial charge on any atom is -0.493 e. The fourth-order valence-electron chi connectivity index (χ4n) is 5.08. The second-order valence-electron chi connectivity index (χ2n) is 7.99. The molecule has 5 rings (SSSR count). The van der Waals surface area contributed by atoms with Crippen molar-refractivity contribution >= 4 is 39.9 Å². The molecule has 4 atom stereocenters. The molecule has 2 aromatic rings. The van der Waals surface area contributed by atoms with Crippen molar-refractivity contribution in [2.75, 3.05) is 34.7 Å². The van der Waals surface area contributed by atoms with Crippen molar-refractivity contribution in [3.8, 4) is 28.7 Å². The molecule has 1 aliphatic carbocycles. The Hall–Kier alpha value is -2.79. The van der Waals surface area contributed by atoms with Gasteiger partial charge >= 0.3 is 5.97 Å². The van der Waals surface area contributed by atoms with E-state index in [1.807, 2.05) is 24.3 Å². The molecule has 0 saturated carbocycles. The van der Waals surface area contributed by atoms with Crippen LogP contribution < -0.4 is 29.4 Å². The van der Waals surface area contributed by atoms with Crippen molar-refractivity contribution in [3.05, 3.63) is 41.0 Å². The number of ether oxygens (including phenoxy) is 6. The molecule has 2 aromatic carbocycles. The number of carbonyl (C=O) groups excluding carboxylic acids is 1. The van der Waals surface area contributed by atoms with E-state index in [9.17, 15) is 4.79 Å². The Labute approximate surface area is 211 Å². The molecule has 0 radical (unpaired) electrons. The number of hydrogen-bond donors (Lipinski definition) is 2. The molecule has 34 heavy (non-hydrogen) atoms. The Morgan fingerprint density at radius 2 is 1.62 bits per heavy atom. The van der Waals surface area contributed by atoms with Crippen LogP contribution in [0, 0.1) is 17.2 Å². The number of cyclic esters (lactones) is 1. The smallest absolute Gasteiger partial charge is 0.310 e. The summed E-state index contributed by atoms with van der Waals surface area (Å²) in [4.78, 5) is 13.0. The summed E-state index contributed by atoms with van der Waals surface area (Å²) in [5.41, 5.74) is 8.44. The maximum absolute atomic E-state index is 13.0. The number of nitrogens with two attached hydrogens (primary N) is 1. The van der Waals surface area contributed by atoms with Crippen LogP contribution in [-0.4, -0.2) is 45.9 Å². The molecule has 0 amide bonds. The minimum absolute atomic E-state index is 0. The lowest BCUT2D eigenvalue weighted by molar-refractivity contribution is -0.141. The van der Waals surface area contributed by atoms with Gasteiger partial charge in [0.2, 0.25) is 12.5 Å². The third kappa shape index (κ3) is 3.80. The first-order chi connectivity index (χ1) is 16.0. The molecule has 9 nitrogen and oxygen atoms in total. The third-order valence-electron chi connectivity index (χ3n) is 6.42. The number of carbonyl (C=O) groups is 1. The van der Waals surface area contributed by atoms with Gasteiger partial charge in [-0.1, -0.05) is 11.8 Å². The zero-order valence-corrected chi connectivity index (χ0v) is 21.3. The van der Waals surface area contributed by atoms with Gasteiger partial charge in [-0.05, 0) is 41.0 Å². The molecule has 11 heteroatoms. The number of halogens is 1. The first-order valence-electron chi connectivity index (χ1n) is 10.4. The number of methoxy groups -OCH3 is 3. The van der Waals surface area contributed by atoms with E-state index >= 15 is 0 Å². The lowest BCUT2D eigenvalue weighted by atomic mass is 9.67. The Morgan fingerprint density at radius 1 is 1.00 bits per heavy atom. The quantitative estimate of drug-likeness (QED) is 0.325. The fraction of sp³-hybridized carbons (Fsp3) is 0.391. The van der Waals surface area contributed by atoms with Crippen LogP contribution in [0.4, 0.5) is 0 Å². The van der Waals surface area contributed by atoms with Crippen LogP contribution >= 0.6 is 28.7 Å². The van der Waals surface area contributed by atoms with Gasteiger partial charge in [-0.15, -0.1) is 17.0 Å². The Morgan fingerprint density at radius 3 is 2.18 bits per heavy atom. The lowest BCUT2D eigenvalue weighted by Crippen LogP contribution is -2.34. The summed E-state index contributed by atoms with van der Waals surface area (Å²) in [6.45, 7) is 0.385. The van der Waals surface area contributed by atoms with Gasteiger partial charge in [-0.3, -0.25) is 10.2 Å². The van der Waals surface area contributed by atoms with Crippen LogP contribution in [0.25, 0.3) is 0 Å². The van der Waals surface area contributed by atoms with Crippen LogP contribution in [0.15, 0.2) is 24.3 Å². The molecule has 182 valence electrons. The third-order valence-corrected chi connectivity index (χ3v) is 7.53. The van der Waals surface area contributed by atoms with Gasteiger partial charge in [0.1, 0.15) is 0 Å². The first kappa shape index (κ1) is 24.3. The highest BCUT2D eigenvalue weighted by Gasteiger charge is 2.53. The molecule has 3 aliphatic rings. The molecular weight excluding hydrogens is 528 g/mol. The largest absolute Gasteiger partial charge is 0.493 e. The predicted molar refractivity (Wildman–Crippen MR) is 131 cm³/mol. The number of thioether (sulfide) groups is 1. The van der Waals surface area contributed by atoms with E-state index in [1.54, 1.807) is 21.3 Å². The summed E-state index contributed by atoms with van der Waals surface area (Å²) in [6.07, 6.45) is 0. The number of nitrogens with one attached hydrogen (secondary N) is 1. The predicted octanol–water partition coefficient (Wildman–Crippen LogP) is 3.62. The summed E-state index contributed by atoms with van der Waals surface area (Å²) >= 11 is 1.22. The molecule has 0 unspecified atom stereocenters. The molecule has 0 spiro atoms. The van der Waals surface area contributed by atoms with Gasteiger partial charge in [-0.2, -0.15) is 0 Å². The van der Waals surface area contributed by atoms with E-state index < -0.39 is 5.92 Å². The van der Waals surface area contributed by atoms with Gasteiger partial charge in [0.25, 0.3) is 0 Å². The van der Waals surface area contributed by atoms with Gasteiger partial charge in [0.15, 0.2) is 28.2 Å². The Kier molecular flexibility index (Phi) is 6.77. The SMILES string of the molecule is Br.COc1cc([C@@H]2c3cc4c(cc3[C@H](SC(=N)N)[C@H]3COC(=O)[C@H]23)OCO4)cc(OC)c1OC. The monoisotopic (exact) mass is 552 g/mol. The molecule has 2 aliphatic heterocycles. The van der Waals surface area contributed by atoms with E-state index in [4.69, 9.17) is 39.6 Å². The van der Waals surface area contributed by atoms with Gasteiger partial charge in [0.05, 0.1) is 33.9 Å². The van der Waals surface area contributed by atoms with E-state index in [0.717, 1.165) is 16.7 Å². The van der Waals surface area contributed by atoms with Crippen molar-refractivity contribution in [1.29, 1.82) is 5.41 Å². The number of rotatable bonds is 5. The van der Waals surface area contributed by atoms with Gasteiger partial charge < -0.3 is 34.2 Å². The van der Waals surface area contributed by atoms with Gasteiger partial charge in [0, 0.05) is 17.1 Å². The fourth-order valence-corrected chi connectivity index (χ4v) is 6.11. The average Bonchev–Trinajstić information content (AvgIpc) is 3.43. The van der Waals surface area contributed by atoms with Crippen molar-refractivity contribution in [1.82, 2.24) is 0 Å². The summed E-state index contributed by atoms with van der Waals surface area (Å²) in [5.74, 6) is 1.43. The van der Waals surface area contributed by atoms with Crippen molar-refractivity contribution in [3.63, 3.8) is 0 Å². The molecule has 0 bridgehead atoms. The zero-order chi connectivity index (χ0) is 23.3. The first-order valence-corrected chi connectivity index (χ1v) is 11.3. The molecule has 1 fully saturated rings. The molecule has 0 aromatic heterocycles. The van der Waals surface area contributed by atoms with Crippen LogP contribution in [0.1, 0.15) is 27.9 Å². The Bertz CT molecular complexity index is 1120. The van der Waals surface area contributed by atoms with E-state index in [0.29, 0.717) is 28.7 Å². The standard InChI is InChI=1S/C23H24N2O7S.BrH/c1-27-16-4-10(5-17(28-2)20(16)29-3)18-11-6-14-15(32-9-31-14)7-12(11)21(33-23(24)25)13-8-30-22(26)19(13)18;/h4-7,13,18-19,21H,8-9H2,1-3H3,(H3,24,25);1H/t13-,18+,19-,21-;/m0./s1. The van der Waals surface area contributed by atoms with Crippen LogP contribution in [0.3, 0.4) is 0 Å². The molecule has 3 N–H and O–H groups in total. The number of benzene rings is 2. The Balaban J connectivity index is 0.00000274. The number of fused-ring (bicyclic) bond motifs is 3. The minimum atomic E-state index is -0.475. The number of amidine groups is 1. The highest BCUT2D eigenvalue weighted by atomic mass is 79.9. The van der Waals surface area contributed by atoms with E-state index in [2.05, 4.69) is 0 Å². The summed E-state index contributed by atoms with van der Waals surface area (Å²) in [5, 5.41) is 7.65. The molecule has 1 saturated heterocycles. The summed E-state index contributed by atoms with van der Waals surface area (Å²) in [6, 6.07) is 7.58. The van der Waals surface area contributed by atoms with Gasteiger partial charge in [-0.25, -0.2) is 0 Å². The van der Waals surface area contributed by atoms with Crippen molar-refractivity contribution in [2.45, 2.75) is 11.2 Å². The zero-order valence-electron chi connectivity index (χ0n) is 18.8. The molecule has 2 heterocycles. The second kappa shape index (κ2) is 9.46. The lowest BCUT2D eigenvalue weighted by Gasteiger charge is -2.38. The maximum atomic E-state index is 13.0. The highest BCUT2D eigenvalue weighted by molar-refractivity contribution is 8.93. The second-order valence-corrected chi connectivity index (χ2v) is 9.18. The molecular formula is C23H25BrN2O7S. The van der Waals surface area contributed by atoms with Crippen LogP contribution in [0.2, 0.25) is 0 Å². The van der Waals surface area contributed by atoms with E-state index in [1.165, 1.54) is 11.8 Å². The number of esters is 1. The maximum Gasteiger partial charge on any atom is 0.310 e. The topological polar surface area (TPSA) is 122 Å². The van der Waals surface area contributed by atoms with Crippen molar-refractivity contribution in [2.24, 2.45) is 17.6 Å². The highest BCUT2D eigenvalue weighted by Crippen LogP contribution is 2.58. The normalized spacial score (nSPS) is 23.8. The average molecular weight is 553 g/mol. The summed E-state index contributed by atoms with van der Waals surface area (Å²) < 4.78 is 33.4. The van der Waals surface area contributed by atoms with Crippen molar-refractivity contribution < 1.29 is 33.2 Å². The summed E-state index contributed by atoms with van der Waals surface area (Å²) in [7, 11) is 4.66. The van der Waals surface area contributed by atoms with Crippen LogP contribution in [0.5, 0.6) is 28.7 Å². The number of hydrogen-bond acceptors (Lipinski definition) is 9.